The van der Waals surface area contributed by atoms with Crippen molar-refractivity contribution in [2.75, 3.05) is 13.1 Å². The largest absolute Gasteiger partial charge is 0.495 e. The Hall–Kier alpha value is -2.11. The third kappa shape index (κ3) is 4.79. The van der Waals surface area contributed by atoms with Gasteiger partial charge in [0.15, 0.2) is 0 Å². The van der Waals surface area contributed by atoms with Crippen LogP contribution in [0, 0.1) is 11.3 Å². The lowest BCUT2D eigenvalue weighted by Gasteiger charge is -2.33. The van der Waals surface area contributed by atoms with E-state index in [-0.39, 0.29) is 12.0 Å². The molecule has 8 heteroatoms. The maximum Gasteiger partial charge on any atom is 0.495 e. The molecule has 0 radical (unpaired) electrons. The second kappa shape index (κ2) is 7.86. The molecule has 2 aliphatic heterocycles. The van der Waals surface area contributed by atoms with Gasteiger partial charge in [-0.05, 0) is 78.9 Å². The zero-order valence-corrected chi connectivity index (χ0v) is 19.1. The number of nitrogens with zero attached hydrogens (tertiary/aromatic N) is 3. The van der Waals surface area contributed by atoms with Crippen LogP contribution in [0.1, 0.15) is 78.6 Å². The molecule has 0 aromatic carbocycles. The molecule has 0 aliphatic carbocycles. The van der Waals surface area contributed by atoms with Gasteiger partial charge in [0.25, 0.3) is 0 Å². The molecule has 2 saturated heterocycles. The molecule has 0 atom stereocenters. The number of piperidine rings is 1. The number of amides is 1. The summed E-state index contributed by atoms with van der Waals surface area (Å²) in [6.45, 7) is 14.8. The zero-order chi connectivity index (χ0) is 22.3. The average Bonchev–Trinajstić information content (AvgIpc) is 2.87. The predicted octanol–water partition coefficient (Wildman–Crippen LogP) is 3.37. The molecule has 2 fully saturated rings. The Morgan fingerprint density at radius 1 is 1.20 bits per heavy atom. The van der Waals surface area contributed by atoms with Crippen molar-refractivity contribution < 1.29 is 18.8 Å². The maximum atomic E-state index is 12.3. The van der Waals surface area contributed by atoms with Crippen LogP contribution in [0.15, 0.2) is 12.1 Å². The van der Waals surface area contributed by atoms with Crippen molar-refractivity contribution in [2.45, 2.75) is 84.0 Å². The molecule has 7 nitrogen and oxygen atoms in total. The van der Waals surface area contributed by atoms with Crippen molar-refractivity contribution in [3.63, 3.8) is 0 Å². The lowest BCUT2D eigenvalue weighted by molar-refractivity contribution is 0.00578. The van der Waals surface area contributed by atoms with E-state index in [0.29, 0.717) is 18.8 Å². The first-order chi connectivity index (χ1) is 13.8. The van der Waals surface area contributed by atoms with Crippen molar-refractivity contribution >= 4 is 18.7 Å². The molecule has 2 aliphatic rings. The van der Waals surface area contributed by atoms with Crippen molar-refractivity contribution in [1.29, 1.82) is 5.26 Å². The van der Waals surface area contributed by atoms with Crippen LogP contribution in [0.3, 0.4) is 0 Å². The molecule has 0 saturated carbocycles. The fourth-order valence-electron chi connectivity index (χ4n) is 3.64. The second-order valence-electron chi connectivity index (χ2n) is 10.2. The SMILES string of the molecule is CC(C)(C)OC(=O)N1CCC(c2cc(B3OC(C)(C)C(C)(C)O3)cc(C#N)n2)CC1. The lowest BCUT2D eigenvalue weighted by Crippen LogP contribution is -2.41. The number of likely N-dealkylation sites (tertiary alicyclic amines) is 1. The van der Waals surface area contributed by atoms with Crippen LogP contribution in [-0.4, -0.2) is 53.0 Å². The van der Waals surface area contributed by atoms with E-state index in [4.69, 9.17) is 14.0 Å². The molecule has 3 rings (SSSR count). The second-order valence-corrected chi connectivity index (χ2v) is 10.2. The first-order valence-electron chi connectivity index (χ1n) is 10.6. The van der Waals surface area contributed by atoms with E-state index >= 15 is 0 Å². The van der Waals surface area contributed by atoms with Gasteiger partial charge in [-0.25, -0.2) is 9.78 Å². The van der Waals surface area contributed by atoms with Crippen LogP contribution in [0.5, 0.6) is 0 Å². The smallest absolute Gasteiger partial charge is 0.444 e. The fourth-order valence-corrected chi connectivity index (χ4v) is 3.64. The highest BCUT2D eigenvalue weighted by Gasteiger charge is 2.52. The highest BCUT2D eigenvalue weighted by molar-refractivity contribution is 6.62. The van der Waals surface area contributed by atoms with Crippen molar-refractivity contribution in [1.82, 2.24) is 9.88 Å². The normalized spacial score (nSPS) is 21.4. The van der Waals surface area contributed by atoms with Gasteiger partial charge in [-0.1, -0.05) is 0 Å². The third-order valence-electron chi connectivity index (χ3n) is 6.07. The summed E-state index contributed by atoms with van der Waals surface area (Å²) in [6.07, 6.45) is 1.26. The molecule has 30 heavy (non-hydrogen) atoms. The van der Waals surface area contributed by atoms with Gasteiger partial charge in [0.1, 0.15) is 17.4 Å². The predicted molar refractivity (Wildman–Crippen MR) is 114 cm³/mol. The number of aromatic nitrogens is 1. The lowest BCUT2D eigenvalue weighted by atomic mass is 9.77. The summed E-state index contributed by atoms with van der Waals surface area (Å²) >= 11 is 0. The van der Waals surface area contributed by atoms with Gasteiger partial charge in [0.2, 0.25) is 0 Å². The van der Waals surface area contributed by atoms with Crippen LogP contribution >= 0.6 is 0 Å². The topological polar surface area (TPSA) is 84.7 Å². The number of rotatable bonds is 2. The van der Waals surface area contributed by atoms with E-state index in [0.717, 1.165) is 24.0 Å². The number of carbonyl (C=O) groups excluding carboxylic acids is 1. The minimum absolute atomic E-state index is 0.165. The fraction of sp³-hybridized carbons (Fsp3) is 0.682. The average molecular weight is 413 g/mol. The summed E-state index contributed by atoms with van der Waals surface area (Å²) in [5.41, 5.74) is 0.604. The van der Waals surface area contributed by atoms with Crippen molar-refractivity contribution in [2.24, 2.45) is 0 Å². The maximum absolute atomic E-state index is 12.3. The molecule has 162 valence electrons. The first kappa shape index (κ1) is 22.6. The molecule has 0 spiro atoms. The summed E-state index contributed by atoms with van der Waals surface area (Å²) in [6, 6.07) is 5.88. The van der Waals surface area contributed by atoms with E-state index in [1.807, 2.05) is 54.5 Å². The third-order valence-corrected chi connectivity index (χ3v) is 6.07. The van der Waals surface area contributed by atoms with Crippen molar-refractivity contribution in [3.05, 3.63) is 23.5 Å². The van der Waals surface area contributed by atoms with E-state index in [9.17, 15) is 10.1 Å². The number of hydrogen-bond acceptors (Lipinski definition) is 6. The van der Waals surface area contributed by atoms with Gasteiger partial charge in [0.05, 0.1) is 11.2 Å². The van der Waals surface area contributed by atoms with Gasteiger partial charge in [-0.15, -0.1) is 0 Å². The van der Waals surface area contributed by atoms with E-state index in [1.54, 1.807) is 11.0 Å². The molecular formula is C22H32BN3O4. The Morgan fingerprint density at radius 2 is 1.77 bits per heavy atom. The highest BCUT2D eigenvalue weighted by Crippen LogP contribution is 2.37. The first-order valence-corrected chi connectivity index (χ1v) is 10.6. The quantitative estimate of drug-likeness (QED) is 0.692. The molecular weight excluding hydrogens is 381 g/mol. The Balaban J connectivity index is 1.74. The summed E-state index contributed by atoms with van der Waals surface area (Å²) in [4.78, 5) is 18.6. The number of ether oxygens (including phenoxy) is 1. The van der Waals surface area contributed by atoms with Gasteiger partial charge in [-0.2, -0.15) is 5.26 Å². The van der Waals surface area contributed by atoms with E-state index in [1.165, 1.54) is 0 Å². The summed E-state index contributed by atoms with van der Waals surface area (Å²) < 4.78 is 17.8. The highest BCUT2D eigenvalue weighted by atomic mass is 16.7. The minimum Gasteiger partial charge on any atom is -0.444 e. The Kier molecular flexibility index (Phi) is 5.92. The molecule has 0 N–H and O–H groups in total. The Labute approximate surface area is 179 Å². The Morgan fingerprint density at radius 3 is 2.27 bits per heavy atom. The van der Waals surface area contributed by atoms with Crippen LogP contribution in [0.4, 0.5) is 4.79 Å². The van der Waals surface area contributed by atoms with Crippen LogP contribution in [0.25, 0.3) is 0 Å². The monoisotopic (exact) mass is 413 g/mol. The van der Waals surface area contributed by atoms with Gasteiger partial charge >= 0.3 is 13.2 Å². The standard InChI is InChI=1S/C22H32BN3O4/c1-20(2,3)28-19(27)26-10-8-15(9-11-26)18-13-16(12-17(14-24)25-18)23-29-21(4,5)22(6,7)30-23/h12-13,15H,8-11H2,1-7H3. The van der Waals surface area contributed by atoms with E-state index < -0.39 is 23.9 Å². The molecule has 1 aromatic rings. The van der Waals surface area contributed by atoms with Crippen LogP contribution in [-0.2, 0) is 14.0 Å². The molecule has 0 bridgehead atoms. The number of hydrogen-bond donors (Lipinski definition) is 0. The molecule has 1 aromatic heterocycles. The molecule has 0 unspecified atom stereocenters. The van der Waals surface area contributed by atoms with Crippen LogP contribution in [0.2, 0.25) is 0 Å². The van der Waals surface area contributed by atoms with Crippen molar-refractivity contribution in [3.8, 4) is 6.07 Å². The van der Waals surface area contributed by atoms with Crippen LogP contribution < -0.4 is 5.46 Å². The Bertz CT molecular complexity index is 833. The van der Waals surface area contributed by atoms with Gasteiger partial charge in [0, 0.05) is 24.7 Å². The number of pyridine rings is 1. The summed E-state index contributed by atoms with van der Waals surface area (Å²) in [7, 11) is -0.536. The van der Waals surface area contributed by atoms with Gasteiger partial charge < -0.3 is 18.9 Å². The van der Waals surface area contributed by atoms with Gasteiger partial charge in [-0.3, -0.25) is 0 Å². The number of nitriles is 1. The summed E-state index contributed by atoms with van der Waals surface area (Å²) in [5.74, 6) is 0.165. The molecule has 3 heterocycles. The molecule has 1 amide bonds. The minimum atomic E-state index is -0.536. The zero-order valence-electron chi connectivity index (χ0n) is 19.1. The number of carbonyl (C=O) groups is 1. The summed E-state index contributed by atoms with van der Waals surface area (Å²) in [5, 5.41) is 9.49. The van der Waals surface area contributed by atoms with E-state index in [2.05, 4.69) is 11.1 Å².